The number of rotatable bonds is 4. The predicted molar refractivity (Wildman–Crippen MR) is 92.9 cm³/mol. The first-order valence-corrected chi connectivity index (χ1v) is 7.91. The zero-order valence-corrected chi connectivity index (χ0v) is 15.0. The Hall–Kier alpha value is -1.34. The molecule has 0 N–H and O–H groups in total. The van der Waals surface area contributed by atoms with E-state index in [2.05, 4.69) is 0 Å². The van der Waals surface area contributed by atoms with Crippen LogP contribution >= 0.6 is 34.2 Å². The molecule has 0 aliphatic heterocycles. The summed E-state index contributed by atoms with van der Waals surface area (Å²) in [6.45, 7) is 0.343. The molecule has 0 unspecified atom stereocenters. The Morgan fingerprint density at radius 2 is 2.05 bits per heavy atom. The van der Waals surface area contributed by atoms with Gasteiger partial charge in [-0.15, -0.1) is 0 Å². The number of amides is 1. The molecule has 0 bridgehead atoms. The van der Waals surface area contributed by atoms with E-state index in [1.807, 2.05) is 22.6 Å². The van der Waals surface area contributed by atoms with Gasteiger partial charge < -0.3 is 9.64 Å². The highest BCUT2D eigenvalue weighted by Gasteiger charge is 2.17. The Bertz CT molecular complexity index is 709. The third kappa shape index (κ3) is 3.89. The van der Waals surface area contributed by atoms with Crippen LogP contribution in [0.1, 0.15) is 15.9 Å². The first-order valence-electron chi connectivity index (χ1n) is 6.45. The van der Waals surface area contributed by atoms with Gasteiger partial charge in [0.25, 0.3) is 5.91 Å². The zero-order valence-electron chi connectivity index (χ0n) is 12.1. The van der Waals surface area contributed by atoms with Crippen LogP contribution in [0.15, 0.2) is 36.4 Å². The highest BCUT2D eigenvalue weighted by molar-refractivity contribution is 14.1. The topological polar surface area (TPSA) is 29.5 Å². The molecule has 0 heterocycles. The van der Waals surface area contributed by atoms with E-state index in [1.165, 1.54) is 18.2 Å². The van der Waals surface area contributed by atoms with Crippen molar-refractivity contribution in [2.24, 2.45) is 0 Å². The van der Waals surface area contributed by atoms with E-state index in [4.69, 9.17) is 16.3 Å². The minimum absolute atomic E-state index is 0.188. The van der Waals surface area contributed by atoms with E-state index >= 15 is 0 Å². The summed E-state index contributed by atoms with van der Waals surface area (Å²) in [5.74, 6) is 0.115. The highest BCUT2D eigenvalue weighted by atomic mass is 127. The summed E-state index contributed by atoms with van der Waals surface area (Å²) in [6, 6.07) is 9.36. The minimum Gasteiger partial charge on any atom is -0.496 e. The van der Waals surface area contributed by atoms with E-state index in [9.17, 15) is 9.18 Å². The van der Waals surface area contributed by atoms with Gasteiger partial charge in [0, 0.05) is 27.7 Å². The van der Waals surface area contributed by atoms with Crippen molar-refractivity contribution in [3.05, 3.63) is 61.9 Å². The lowest BCUT2D eigenvalue weighted by atomic mass is 10.1. The average molecular weight is 434 g/mol. The Morgan fingerprint density at radius 3 is 2.68 bits per heavy atom. The molecule has 3 nitrogen and oxygen atoms in total. The van der Waals surface area contributed by atoms with Gasteiger partial charge in [0.2, 0.25) is 0 Å². The van der Waals surface area contributed by atoms with Gasteiger partial charge in [0.15, 0.2) is 0 Å². The molecule has 0 saturated carbocycles. The number of nitrogens with zero attached hydrogens (tertiary/aromatic N) is 1. The first-order chi connectivity index (χ1) is 10.4. The van der Waals surface area contributed by atoms with Crippen molar-refractivity contribution in [2.75, 3.05) is 14.2 Å². The number of carbonyl (C=O) groups excluding carboxylic acids is 1. The van der Waals surface area contributed by atoms with Gasteiger partial charge in [-0.1, -0.05) is 11.6 Å². The molecule has 116 valence electrons. The lowest BCUT2D eigenvalue weighted by Gasteiger charge is -2.19. The Balaban J connectivity index is 2.23. The van der Waals surface area contributed by atoms with Gasteiger partial charge in [-0.2, -0.15) is 0 Å². The summed E-state index contributed by atoms with van der Waals surface area (Å²) < 4.78 is 19.0. The number of carbonyl (C=O) groups is 1. The van der Waals surface area contributed by atoms with Crippen LogP contribution in [0.2, 0.25) is 5.02 Å². The van der Waals surface area contributed by atoms with E-state index in [-0.39, 0.29) is 11.7 Å². The average Bonchev–Trinajstić information content (AvgIpc) is 2.47. The quantitative estimate of drug-likeness (QED) is 0.671. The van der Waals surface area contributed by atoms with E-state index in [0.717, 1.165) is 5.56 Å². The van der Waals surface area contributed by atoms with Gasteiger partial charge in [-0.05, 0) is 59.0 Å². The number of ether oxygens (including phenoxy) is 1. The molecule has 22 heavy (non-hydrogen) atoms. The molecule has 1 amide bonds. The van der Waals surface area contributed by atoms with Crippen LogP contribution in [-0.4, -0.2) is 25.0 Å². The lowest BCUT2D eigenvalue weighted by Crippen LogP contribution is -2.27. The highest BCUT2D eigenvalue weighted by Crippen LogP contribution is 2.24. The number of benzene rings is 2. The Labute approximate surface area is 147 Å². The van der Waals surface area contributed by atoms with Crippen LogP contribution in [0.4, 0.5) is 4.39 Å². The SMILES string of the molecule is COc1ccc(Cl)cc1CN(C)C(=O)c1ccc(F)cc1I. The van der Waals surface area contributed by atoms with Crippen LogP contribution < -0.4 is 4.74 Å². The number of halogens is 3. The molecule has 0 aliphatic rings. The largest absolute Gasteiger partial charge is 0.496 e. The molecule has 0 atom stereocenters. The maximum atomic E-state index is 13.1. The van der Waals surface area contributed by atoms with E-state index in [1.54, 1.807) is 37.3 Å². The summed E-state index contributed by atoms with van der Waals surface area (Å²) in [4.78, 5) is 14.0. The fourth-order valence-electron chi connectivity index (χ4n) is 2.07. The maximum Gasteiger partial charge on any atom is 0.254 e. The molecule has 2 aromatic carbocycles. The number of methoxy groups -OCH3 is 1. The van der Waals surface area contributed by atoms with Crippen molar-refractivity contribution in [1.82, 2.24) is 4.90 Å². The summed E-state index contributed by atoms with van der Waals surface area (Å²) in [5, 5.41) is 0.577. The summed E-state index contributed by atoms with van der Waals surface area (Å²) in [6.07, 6.45) is 0. The van der Waals surface area contributed by atoms with Crippen LogP contribution in [-0.2, 0) is 6.54 Å². The fourth-order valence-corrected chi connectivity index (χ4v) is 2.97. The van der Waals surface area contributed by atoms with E-state index < -0.39 is 0 Å². The van der Waals surface area contributed by atoms with Gasteiger partial charge in [0.1, 0.15) is 11.6 Å². The third-order valence-corrected chi connectivity index (χ3v) is 4.29. The molecule has 0 fully saturated rings. The molecular weight excluding hydrogens is 420 g/mol. The van der Waals surface area contributed by atoms with Crippen molar-refractivity contribution >= 4 is 40.1 Å². The maximum absolute atomic E-state index is 13.1. The molecule has 0 aromatic heterocycles. The van der Waals surface area contributed by atoms with Crippen LogP contribution in [0.25, 0.3) is 0 Å². The second-order valence-electron chi connectivity index (χ2n) is 4.74. The van der Waals surface area contributed by atoms with Crippen molar-refractivity contribution < 1.29 is 13.9 Å². The monoisotopic (exact) mass is 433 g/mol. The Kier molecular flexibility index (Phi) is 5.63. The second kappa shape index (κ2) is 7.28. The zero-order chi connectivity index (χ0) is 16.3. The third-order valence-electron chi connectivity index (χ3n) is 3.16. The molecule has 6 heteroatoms. The molecule has 2 rings (SSSR count). The standard InChI is InChI=1S/C16H14ClFINO2/c1-20(9-10-7-11(17)3-6-15(10)22-2)16(21)13-5-4-12(18)8-14(13)19/h3-8H,9H2,1-2H3. The van der Waals surface area contributed by atoms with Crippen molar-refractivity contribution in [3.63, 3.8) is 0 Å². The molecule has 0 radical (unpaired) electrons. The van der Waals surface area contributed by atoms with Gasteiger partial charge in [-0.3, -0.25) is 4.79 Å². The number of hydrogen-bond acceptors (Lipinski definition) is 2. The number of hydrogen-bond donors (Lipinski definition) is 0. The van der Waals surface area contributed by atoms with Crippen LogP contribution in [0, 0.1) is 9.39 Å². The fraction of sp³-hybridized carbons (Fsp3) is 0.188. The minimum atomic E-state index is -0.361. The lowest BCUT2D eigenvalue weighted by molar-refractivity contribution is 0.0783. The Morgan fingerprint density at radius 1 is 1.32 bits per heavy atom. The van der Waals surface area contributed by atoms with Gasteiger partial charge in [-0.25, -0.2) is 4.39 Å². The van der Waals surface area contributed by atoms with Gasteiger partial charge >= 0.3 is 0 Å². The molecule has 0 aliphatic carbocycles. The summed E-state index contributed by atoms with van der Waals surface area (Å²) in [5.41, 5.74) is 1.27. The van der Waals surface area contributed by atoms with Crippen molar-refractivity contribution in [3.8, 4) is 5.75 Å². The predicted octanol–water partition coefficient (Wildman–Crippen LogP) is 4.36. The molecular formula is C16H14ClFINO2. The van der Waals surface area contributed by atoms with Crippen molar-refractivity contribution in [2.45, 2.75) is 6.54 Å². The van der Waals surface area contributed by atoms with Crippen LogP contribution in [0.3, 0.4) is 0 Å². The molecule has 2 aromatic rings. The first kappa shape index (κ1) is 17.0. The smallest absolute Gasteiger partial charge is 0.254 e. The second-order valence-corrected chi connectivity index (χ2v) is 6.34. The van der Waals surface area contributed by atoms with Gasteiger partial charge in [0.05, 0.1) is 12.7 Å². The summed E-state index contributed by atoms with van der Waals surface area (Å²) in [7, 11) is 3.25. The van der Waals surface area contributed by atoms with E-state index in [0.29, 0.717) is 26.5 Å². The molecule has 0 spiro atoms. The summed E-state index contributed by atoms with van der Waals surface area (Å²) >= 11 is 7.95. The molecule has 0 saturated heterocycles. The normalized spacial score (nSPS) is 10.4. The van der Waals surface area contributed by atoms with Crippen LogP contribution in [0.5, 0.6) is 5.75 Å². The van der Waals surface area contributed by atoms with Crippen molar-refractivity contribution in [1.29, 1.82) is 0 Å².